The van der Waals surface area contributed by atoms with E-state index in [0.29, 0.717) is 0 Å². The van der Waals surface area contributed by atoms with E-state index in [1.165, 1.54) is 74.9 Å². The number of aliphatic hydroxyl groups excluding tert-OH is 2. The highest BCUT2D eigenvalue weighted by Gasteiger charge is 2.80. The normalized spacial score (nSPS) is 45.8. The van der Waals surface area contributed by atoms with E-state index in [2.05, 4.69) is 12.6 Å². The highest BCUT2D eigenvalue weighted by Crippen LogP contribution is 2.74. The van der Waals surface area contributed by atoms with Gasteiger partial charge in [-0.05, 0) is 124 Å². The third kappa shape index (κ3) is 6.62. The van der Waals surface area contributed by atoms with Crippen molar-refractivity contribution in [2.24, 2.45) is 57.2 Å². The lowest BCUT2D eigenvalue weighted by Gasteiger charge is -2.63. The van der Waals surface area contributed by atoms with Gasteiger partial charge in [-0.2, -0.15) is 0 Å². The van der Waals surface area contributed by atoms with E-state index in [4.69, 9.17) is 18.3 Å². The summed E-state index contributed by atoms with van der Waals surface area (Å²) in [7, 11) is 0. The summed E-state index contributed by atoms with van der Waals surface area (Å²) < 4.78 is 97.5. The number of carbonyl (C=O) groups is 6. The van der Waals surface area contributed by atoms with Crippen LogP contribution in [0.15, 0.2) is 93.2 Å². The predicted octanol–water partition coefficient (Wildman–Crippen LogP) is 8.67. The summed E-state index contributed by atoms with van der Waals surface area (Å²) in [6, 6.07) is 5.76. The van der Waals surface area contributed by atoms with Gasteiger partial charge in [-0.3, -0.25) is 19.2 Å². The number of hydrogen-bond acceptors (Lipinski definition) is 14. The number of furan rings is 2. The summed E-state index contributed by atoms with van der Waals surface area (Å²) in [6.07, 6.45) is 2.81. The molecule has 4 unspecified atom stereocenters. The molecule has 13 nitrogen and oxygen atoms in total. The van der Waals surface area contributed by atoms with Crippen molar-refractivity contribution in [3.8, 4) is 0 Å². The molecule has 0 radical (unpaired) electrons. The number of fused-ring (bicyclic) bond motifs is 10. The van der Waals surface area contributed by atoms with E-state index in [1.54, 1.807) is 27.7 Å². The number of ketones is 2. The lowest BCUT2D eigenvalue weighted by Crippen LogP contribution is -2.70. The minimum Gasteiger partial charge on any atom is -0.457 e. The summed E-state index contributed by atoms with van der Waals surface area (Å²) in [5.74, 6) is -7.50. The third-order valence-electron chi connectivity index (χ3n) is 19.0. The number of allylic oxidation sites excluding steroid dienone is 8. The van der Waals surface area contributed by atoms with Crippen molar-refractivity contribution in [3.05, 3.63) is 95.9 Å². The smallest absolute Gasteiger partial charge is 0.375 e. The highest BCUT2D eigenvalue weighted by atomic mass is 32.2. The van der Waals surface area contributed by atoms with Crippen LogP contribution >= 0.6 is 24.7 Å². The maximum atomic E-state index is 17.3. The van der Waals surface area contributed by atoms with Crippen molar-refractivity contribution in [2.45, 2.75) is 127 Å². The van der Waals surface area contributed by atoms with Gasteiger partial charge >= 0.3 is 11.9 Å². The number of hydrogen-bond donors (Lipinski definition) is 4. The quantitative estimate of drug-likeness (QED) is 0.0925. The molecule has 2 heterocycles. The minimum absolute atomic E-state index is 0.0000472. The molecular formula is C52H56F4O13S2. The first kappa shape index (κ1) is 51.3. The van der Waals surface area contributed by atoms with Gasteiger partial charge in [0.05, 0.1) is 36.8 Å². The Balaban J connectivity index is 0.000000176. The Hall–Kier alpha value is -4.56. The number of rotatable bonds is 6. The highest BCUT2D eigenvalue weighted by molar-refractivity contribution is 8.09. The molecule has 382 valence electrons. The van der Waals surface area contributed by atoms with Crippen molar-refractivity contribution in [2.75, 3.05) is 0 Å². The molecule has 0 bridgehead atoms. The molecule has 0 aromatic carbocycles. The Morgan fingerprint density at radius 1 is 0.676 bits per heavy atom. The van der Waals surface area contributed by atoms with Crippen molar-refractivity contribution in [1.29, 1.82) is 0 Å². The first-order chi connectivity index (χ1) is 33.2. The molecule has 8 aliphatic carbocycles. The first-order valence-electron chi connectivity index (χ1n) is 23.7. The van der Waals surface area contributed by atoms with E-state index in [-0.39, 0.29) is 73.2 Å². The van der Waals surface area contributed by atoms with Crippen molar-refractivity contribution in [3.63, 3.8) is 0 Å². The predicted molar refractivity (Wildman–Crippen MR) is 249 cm³/mol. The van der Waals surface area contributed by atoms with E-state index in [9.17, 15) is 43.5 Å². The Morgan fingerprint density at radius 2 is 1.07 bits per heavy atom. The van der Waals surface area contributed by atoms with E-state index >= 15 is 17.6 Å². The lowest BCUT2D eigenvalue weighted by molar-refractivity contribution is -0.221. The van der Waals surface area contributed by atoms with Gasteiger partial charge < -0.3 is 33.1 Å². The molecule has 19 heteroatoms. The number of alkyl halides is 4. The largest absolute Gasteiger partial charge is 0.457 e. The Kier molecular flexibility index (Phi) is 12.3. The third-order valence-corrected chi connectivity index (χ3v) is 19.8. The molecule has 0 saturated heterocycles. The maximum absolute atomic E-state index is 17.3. The minimum atomic E-state index is -2.33. The van der Waals surface area contributed by atoms with Gasteiger partial charge in [0.15, 0.2) is 34.1 Å². The molecular weight excluding hydrogens is 973 g/mol. The molecule has 0 spiro atoms. The molecule has 2 aromatic rings. The van der Waals surface area contributed by atoms with Gasteiger partial charge in [0.1, 0.15) is 12.3 Å². The fraction of sp³-hybridized carbons (Fsp3) is 0.577. The summed E-state index contributed by atoms with van der Waals surface area (Å²) in [5, 5.41) is 21.3. The molecule has 0 amide bonds. The fourth-order valence-corrected chi connectivity index (χ4v) is 16.8. The molecule has 0 aliphatic heterocycles. The summed E-state index contributed by atoms with van der Waals surface area (Å²) in [5.41, 5.74) is -14.0. The molecule has 3 N–H and O–H groups in total. The molecule has 6 saturated carbocycles. The van der Waals surface area contributed by atoms with Gasteiger partial charge in [0.2, 0.25) is 16.6 Å². The van der Waals surface area contributed by atoms with Crippen LogP contribution in [0.2, 0.25) is 0 Å². The second-order valence-corrected chi connectivity index (χ2v) is 22.8. The molecule has 18 atom stereocenters. The van der Waals surface area contributed by atoms with Crippen LogP contribution in [0.5, 0.6) is 0 Å². The zero-order chi connectivity index (χ0) is 51.8. The van der Waals surface area contributed by atoms with Crippen LogP contribution < -0.4 is 0 Å². The van der Waals surface area contributed by atoms with Gasteiger partial charge in [0, 0.05) is 45.3 Å². The van der Waals surface area contributed by atoms with E-state index < -0.39 is 138 Å². The number of halogens is 4. The van der Waals surface area contributed by atoms with Crippen molar-refractivity contribution in [1.82, 2.24) is 0 Å². The Labute approximate surface area is 416 Å². The van der Waals surface area contributed by atoms with Crippen LogP contribution in [0.25, 0.3) is 0 Å². The number of ether oxygens (including phenoxy) is 2. The van der Waals surface area contributed by atoms with Crippen LogP contribution in [0.3, 0.4) is 0 Å². The maximum Gasteiger partial charge on any atom is 0.375 e. The van der Waals surface area contributed by atoms with Gasteiger partial charge in [-0.1, -0.05) is 39.8 Å². The molecule has 8 aliphatic rings. The molecule has 2 aromatic heterocycles. The van der Waals surface area contributed by atoms with Crippen LogP contribution in [-0.4, -0.2) is 95.6 Å². The van der Waals surface area contributed by atoms with Crippen LogP contribution in [0.1, 0.15) is 101 Å². The standard InChI is InChI=1S/C26H28F2O7S.C26H28F2O6S/c1-13-9-15-16-11-18(27)17-10-14(29)6-7-23(17,2)25(16,28)20(30)12-24(15,3)26(13,22(32)36-33)35-21(31)19-5-4-8-34-19;1-13-9-15-16-11-18(27)17-10-14(29)6-7-23(17,2)25(16,28)20(30)12-24(15,3)26(13,22(32)35)34-21(31)19-5-4-8-33-19/h4-8,10,13,15-16,18,20,30,33H,9,11-12H2,1-3H3;4-8,10,13,15-16,18,20,30H,9,11-12H2,1-3H3,(H,32,35)/t2*13-,15?,16?,18+,20+,23+,24+,25+,26+/m11/s1. The topological polar surface area (TPSA) is 208 Å². The average Bonchev–Trinajstić information content (AvgIpc) is 4.13. The van der Waals surface area contributed by atoms with E-state index in [1.807, 2.05) is 0 Å². The summed E-state index contributed by atoms with van der Waals surface area (Å²) in [4.78, 5) is 76.4. The summed E-state index contributed by atoms with van der Waals surface area (Å²) in [6.45, 7) is 9.72. The van der Waals surface area contributed by atoms with Gasteiger partial charge in [-0.15, -0.1) is 12.6 Å². The lowest BCUT2D eigenvalue weighted by atomic mass is 9.44. The summed E-state index contributed by atoms with van der Waals surface area (Å²) >= 11 is 4.03. The zero-order valence-electron chi connectivity index (χ0n) is 39.7. The Morgan fingerprint density at radius 3 is 1.45 bits per heavy atom. The monoisotopic (exact) mass is 1030 g/mol. The number of esters is 2. The number of carbonyl (C=O) groups excluding carboxylic acids is 6. The Bertz CT molecular complexity index is 2710. The van der Waals surface area contributed by atoms with Crippen LogP contribution in [0, 0.1) is 57.2 Å². The second-order valence-electron chi connectivity index (χ2n) is 21.9. The SMILES string of the molecule is C[C@@H]1CC2C3C[C@H](F)C4=CC(=O)C=C[C@]4(C)[C@@]3(F)[C@@H](O)C[C@]2(C)[C@@]1(OC(=O)c1ccco1)C(=O)S.C[C@@H]1CC2C3C[C@H](F)C4=CC(=O)C=C[C@]4(C)[C@@]3(F)[C@@H](O)C[C@]2(C)[C@@]1(OC(=O)c1ccco1)C(=O)SO. The van der Waals surface area contributed by atoms with Gasteiger partial charge in [-0.25, -0.2) is 27.2 Å². The van der Waals surface area contributed by atoms with Crippen molar-refractivity contribution >= 4 is 58.4 Å². The second kappa shape index (κ2) is 17.0. The molecule has 10 rings (SSSR count). The van der Waals surface area contributed by atoms with Crippen molar-refractivity contribution < 1.29 is 79.4 Å². The number of thiol groups is 1. The van der Waals surface area contributed by atoms with Crippen LogP contribution in [-0.2, 0) is 28.7 Å². The molecule has 71 heavy (non-hydrogen) atoms. The molecule has 6 fully saturated rings. The fourth-order valence-electron chi connectivity index (χ4n) is 15.7. The number of aliphatic hydroxyl groups is 2. The van der Waals surface area contributed by atoms with Gasteiger partial charge in [0.25, 0.3) is 5.12 Å². The zero-order valence-corrected chi connectivity index (χ0v) is 41.4. The van der Waals surface area contributed by atoms with E-state index in [0.717, 1.165) is 12.2 Å². The average molecular weight is 1030 g/mol. The van der Waals surface area contributed by atoms with Crippen LogP contribution in [0.4, 0.5) is 17.6 Å². The first-order valence-corrected chi connectivity index (χ1v) is 25.0.